The van der Waals surface area contributed by atoms with Gasteiger partial charge in [0, 0.05) is 12.8 Å². The van der Waals surface area contributed by atoms with E-state index in [2.05, 4.69) is 91.0 Å². The summed E-state index contributed by atoms with van der Waals surface area (Å²) in [6.45, 7) is 1.95. The summed E-state index contributed by atoms with van der Waals surface area (Å²) in [5.74, 6) is 0.340. The minimum absolute atomic E-state index is 0. The number of rotatable bonds is 7. The van der Waals surface area contributed by atoms with Crippen LogP contribution < -0.4 is 39.9 Å². The molecule has 3 aromatic carbocycles. The standard InChI is InChI=1S/C23H24OP.HI/c1-2-20(24)18-19-25(21-12-6-3-7-13-21,22-14-8-4-9-15-22)23-16-10-5-11-17-23;/h3-17H,2,18-19H2,1H3;1H/q+1;/p-1. The second-order valence-corrected chi connectivity index (χ2v) is 9.80. The predicted octanol–water partition coefficient (Wildman–Crippen LogP) is 1.35. The van der Waals surface area contributed by atoms with Crippen LogP contribution in [-0.4, -0.2) is 11.9 Å². The van der Waals surface area contributed by atoms with Crippen molar-refractivity contribution in [3.05, 3.63) is 91.0 Å². The van der Waals surface area contributed by atoms with Crippen LogP contribution >= 0.6 is 7.26 Å². The maximum Gasteiger partial charge on any atom is 0.136 e. The van der Waals surface area contributed by atoms with Gasteiger partial charge < -0.3 is 24.0 Å². The number of hydrogen-bond acceptors (Lipinski definition) is 1. The maximum atomic E-state index is 12.2. The number of carbonyl (C=O) groups is 1. The van der Waals surface area contributed by atoms with Gasteiger partial charge in [-0.1, -0.05) is 61.5 Å². The number of ketones is 1. The summed E-state index contributed by atoms with van der Waals surface area (Å²) < 4.78 is 0. The van der Waals surface area contributed by atoms with Crippen molar-refractivity contribution in [1.82, 2.24) is 0 Å². The largest absolute Gasteiger partial charge is 1.00 e. The number of Topliss-reactive ketones (excluding diaryl/α,β-unsaturated/α-hetero) is 1. The zero-order valence-corrected chi connectivity index (χ0v) is 18.1. The molecule has 0 spiro atoms. The normalized spacial score (nSPS) is 10.8. The van der Waals surface area contributed by atoms with Gasteiger partial charge in [-0.25, -0.2) is 0 Å². The summed E-state index contributed by atoms with van der Waals surface area (Å²) in [6, 6.07) is 32.2. The van der Waals surface area contributed by atoms with Crippen molar-refractivity contribution >= 4 is 29.0 Å². The number of carbonyl (C=O) groups excluding carboxylic acids is 1. The lowest BCUT2D eigenvalue weighted by Crippen LogP contribution is -3.00. The molecule has 134 valence electrons. The molecule has 0 aliphatic rings. The van der Waals surface area contributed by atoms with Crippen LogP contribution in [0.1, 0.15) is 19.8 Å². The first kappa shape index (κ1) is 20.8. The fourth-order valence-electron chi connectivity index (χ4n) is 3.35. The average Bonchev–Trinajstić information content (AvgIpc) is 2.71. The summed E-state index contributed by atoms with van der Waals surface area (Å²) in [4.78, 5) is 12.2. The van der Waals surface area contributed by atoms with Crippen molar-refractivity contribution in [3.63, 3.8) is 0 Å². The van der Waals surface area contributed by atoms with Gasteiger partial charge in [0.15, 0.2) is 0 Å². The van der Waals surface area contributed by atoms with Crippen LogP contribution in [0.25, 0.3) is 0 Å². The van der Waals surface area contributed by atoms with Crippen molar-refractivity contribution < 1.29 is 28.8 Å². The molecule has 0 aromatic heterocycles. The zero-order valence-electron chi connectivity index (χ0n) is 15.0. The van der Waals surface area contributed by atoms with Crippen LogP contribution in [0.5, 0.6) is 0 Å². The smallest absolute Gasteiger partial charge is 0.136 e. The highest BCUT2D eigenvalue weighted by Gasteiger charge is 2.44. The molecule has 0 heterocycles. The van der Waals surface area contributed by atoms with Crippen LogP contribution in [0.2, 0.25) is 0 Å². The molecule has 0 amide bonds. The van der Waals surface area contributed by atoms with E-state index < -0.39 is 7.26 Å². The van der Waals surface area contributed by atoms with Gasteiger partial charge in [0.2, 0.25) is 0 Å². The van der Waals surface area contributed by atoms with E-state index >= 15 is 0 Å². The SMILES string of the molecule is CCC(=O)CC[P+](c1ccccc1)(c1ccccc1)c1ccccc1.[I-]. The topological polar surface area (TPSA) is 17.1 Å². The van der Waals surface area contributed by atoms with E-state index in [1.54, 1.807) is 0 Å². The molecule has 1 nitrogen and oxygen atoms in total. The Labute approximate surface area is 174 Å². The molecule has 0 atom stereocenters. The molecule has 0 radical (unpaired) electrons. The molecule has 0 N–H and O–H groups in total. The Kier molecular flexibility index (Phi) is 7.99. The van der Waals surface area contributed by atoms with Crippen LogP contribution in [0.3, 0.4) is 0 Å². The Morgan fingerprint density at radius 3 is 1.35 bits per heavy atom. The van der Waals surface area contributed by atoms with E-state index in [1.165, 1.54) is 15.9 Å². The van der Waals surface area contributed by atoms with Crippen molar-refractivity contribution in [2.45, 2.75) is 19.8 Å². The first-order valence-corrected chi connectivity index (χ1v) is 10.8. The third-order valence-corrected chi connectivity index (χ3v) is 9.14. The lowest BCUT2D eigenvalue weighted by atomic mass is 10.2. The summed E-state index contributed by atoms with van der Waals surface area (Å²) in [5.41, 5.74) is 0. The van der Waals surface area contributed by atoms with E-state index in [-0.39, 0.29) is 24.0 Å². The van der Waals surface area contributed by atoms with Crippen molar-refractivity contribution in [1.29, 1.82) is 0 Å². The van der Waals surface area contributed by atoms with Crippen LogP contribution in [0, 0.1) is 0 Å². The Morgan fingerprint density at radius 2 is 1.04 bits per heavy atom. The minimum atomic E-state index is -1.84. The summed E-state index contributed by atoms with van der Waals surface area (Å²) in [7, 11) is -1.84. The molecule has 0 aliphatic heterocycles. The second-order valence-electron chi connectivity index (χ2n) is 6.18. The fraction of sp³-hybridized carbons (Fsp3) is 0.174. The number of halogens is 1. The van der Waals surface area contributed by atoms with E-state index in [0.717, 1.165) is 6.16 Å². The van der Waals surface area contributed by atoms with E-state index in [4.69, 9.17) is 0 Å². The maximum absolute atomic E-state index is 12.2. The predicted molar refractivity (Wildman–Crippen MR) is 110 cm³/mol. The highest BCUT2D eigenvalue weighted by Crippen LogP contribution is 2.55. The van der Waals surface area contributed by atoms with Gasteiger partial charge in [-0.2, -0.15) is 0 Å². The first-order chi connectivity index (χ1) is 12.3. The quantitative estimate of drug-likeness (QED) is 0.374. The van der Waals surface area contributed by atoms with Crippen LogP contribution in [0.15, 0.2) is 91.0 Å². The van der Waals surface area contributed by atoms with Crippen molar-refractivity contribution in [2.75, 3.05) is 6.16 Å². The Bertz CT molecular complexity index is 707. The molecule has 26 heavy (non-hydrogen) atoms. The van der Waals surface area contributed by atoms with Crippen LogP contribution in [-0.2, 0) is 4.79 Å². The molecule has 0 aliphatic carbocycles. The van der Waals surface area contributed by atoms with Crippen LogP contribution in [0.4, 0.5) is 0 Å². The van der Waals surface area contributed by atoms with Gasteiger partial charge in [-0.15, -0.1) is 0 Å². The molecule has 0 saturated carbocycles. The molecule has 3 rings (SSSR count). The molecule has 0 unspecified atom stereocenters. The molecular weight excluding hydrogens is 450 g/mol. The molecular formula is C23H24IOP. The van der Waals surface area contributed by atoms with Gasteiger partial charge in [0.05, 0.1) is 6.16 Å². The van der Waals surface area contributed by atoms with Gasteiger partial charge in [-0.3, -0.25) is 4.79 Å². The van der Waals surface area contributed by atoms with Gasteiger partial charge >= 0.3 is 0 Å². The van der Waals surface area contributed by atoms with Crippen molar-refractivity contribution in [2.24, 2.45) is 0 Å². The van der Waals surface area contributed by atoms with Crippen molar-refractivity contribution in [3.8, 4) is 0 Å². The summed E-state index contributed by atoms with van der Waals surface area (Å²) in [6.07, 6.45) is 2.12. The van der Waals surface area contributed by atoms with E-state index in [9.17, 15) is 4.79 Å². The minimum Gasteiger partial charge on any atom is -1.00 e. The van der Waals surface area contributed by atoms with Gasteiger partial charge in [-0.05, 0) is 36.4 Å². The van der Waals surface area contributed by atoms with E-state index in [0.29, 0.717) is 18.6 Å². The first-order valence-electron chi connectivity index (χ1n) is 8.84. The second kappa shape index (κ2) is 9.99. The monoisotopic (exact) mass is 474 g/mol. The molecule has 0 saturated heterocycles. The molecule has 3 aromatic rings. The third-order valence-electron chi connectivity index (χ3n) is 4.71. The molecule has 0 fully saturated rings. The number of hydrogen-bond donors (Lipinski definition) is 0. The molecule has 0 bridgehead atoms. The highest BCUT2D eigenvalue weighted by atomic mass is 127. The Hall–Kier alpha value is -1.51. The highest BCUT2D eigenvalue weighted by molar-refractivity contribution is 7.95. The zero-order chi connectivity index (χ0) is 17.5. The third kappa shape index (κ3) is 4.42. The summed E-state index contributed by atoms with van der Waals surface area (Å²) >= 11 is 0. The Balaban J connectivity index is 0.00000243. The summed E-state index contributed by atoms with van der Waals surface area (Å²) in [5, 5.41) is 4.03. The van der Waals surface area contributed by atoms with E-state index in [1.807, 2.05) is 6.92 Å². The van der Waals surface area contributed by atoms with Gasteiger partial charge in [0.1, 0.15) is 29.0 Å². The molecule has 3 heteroatoms. The number of benzene rings is 3. The lowest BCUT2D eigenvalue weighted by Gasteiger charge is -2.27. The van der Waals surface area contributed by atoms with Gasteiger partial charge in [0.25, 0.3) is 0 Å². The fourth-order valence-corrected chi connectivity index (χ4v) is 7.65. The average molecular weight is 474 g/mol. The lowest BCUT2D eigenvalue weighted by molar-refractivity contribution is -0.118. The Morgan fingerprint density at radius 1 is 0.692 bits per heavy atom.